The van der Waals surface area contributed by atoms with Gasteiger partial charge < -0.3 is 10.1 Å². The van der Waals surface area contributed by atoms with Crippen molar-refractivity contribution < 1.29 is 9.53 Å². The number of ether oxygens (including phenoxy) is 1. The van der Waals surface area contributed by atoms with E-state index >= 15 is 0 Å². The highest BCUT2D eigenvalue weighted by Crippen LogP contribution is 2.27. The lowest BCUT2D eigenvalue weighted by Crippen LogP contribution is -2.30. The van der Waals surface area contributed by atoms with Crippen molar-refractivity contribution in [2.75, 3.05) is 6.61 Å². The number of nitrogens with zero attached hydrogens (tertiary/aromatic N) is 1. The molecule has 0 saturated carbocycles. The molecule has 0 aliphatic carbocycles. The standard InChI is InChI=1S/C16H17BrN2O2/c1-4-7-21-15-6-5-12(9-14(15)17)8-13(10-18)16(20)19-11(2)3/h4-6,8-9,11H,1,7H2,2-3H3,(H,19,20)/b13-8-. The number of carbonyl (C=O) groups excluding carboxylic acids is 1. The average Bonchev–Trinajstić information content (AvgIpc) is 2.43. The third-order valence-corrected chi connectivity index (χ3v) is 3.03. The van der Waals surface area contributed by atoms with Gasteiger partial charge in [0, 0.05) is 6.04 Å². The zero-order chi connectivity index (χ0) is 15.8. The number of nitriles is 1. The fourth-order valence-corrected chi connectivity index (χ4v) is 2.04. The fraction of sp³-hybridized carbons (Fsp3) is 0.250. The highest BCUT2D eigenvalue weighted by molar-refractivity contribution is 9.10. The molecule has 1 rings (SSSR count). The first-order valence-corrected chi connectivity index (χ1v) is 7.23. The Morgan fingerprint density at radius 1 is 1.57 bits per heavy atom. The summed E-state index contributed by atoms with van der Waals surface area (Å²) in [6.45, 7) is 7.68. The summed E-state index contributed by atoms with van der Waals surface area (Å²) >= 11 is 3.39. The number of hydrogen-bond donors (Lipinski definition) is 1. The molecule has 0 heterocycles. The van der Waals surface area contributed by atoms with E-state index in [2.05, 4.69) is 27.8 Å². The molecule has 0 aliphatic heterocycles. The van der Waals surface area contributed by atoms with E-state index in [1.807, 2.05) is 19.9 Å². The molecule has 0 radical (unpaired) electrons. The van der Waals surface area contributed by atoms with Gasteiger partial charge in [0.15, 0.2) is 0 Å². The molecule has 1 aromatic rings. The van der Waals surface area contributed by atoms with Crippen LogP contribution in [0.4, 0.5) is 0 Å². The maximum atomic E-state index is 11.8. The van der Waals surface area contributed by atoms with Crippen LogP contribution >= 0.6 is 15.9 Å². The quantitative estimate of drug-likeness (QED) is 0.486. The van der Waals surface area contributed by atoms with Crippen molar-refractivity contribution in [2.24, 2.45) is 0 Å². The first-order valence-electron chi connectivity index (χ1n) is 6.43. The van der Waals surface area contributed by atoms with Gasteiger partial charge in [-0.25, -0.2) is 0 Å². The van der Waals surface area contributed by atoms with Gasteiger partial charge in [0.2, 0.25) is 0 Å². The van der Waals surface area contributed by atoms with E-state index in [9.17, 15) is 4.79 Å². The van der Waals surface area contributed by atoms with Crippen LogP contribution in [0.3, 0.4) is 0 Å². The van der Waals surface area contributed by atoms with Gasteiger partial charge in [0.25, 0.3) is 5.91 Å². The van der Waals surface area contributed by atoms with Crippen molar-refractivity contribution in [2.45, 2.75) is 19.9 Å². The number of carbonyl (C=O) groups is 1. The summed E-state index contributed by atoms with van der Waals surface area (Å²) in [6.07, 6.45) is 3.20. The predicted molar refractivity (Wildman–Crippen MR) is 86.7 cm³/mol. The molecule has 0 spiro atoms. The zero-order valence-electron chi connectivity index (χ0n) is 12.0. The number of halogens is 1. The van der Waals surface area contributed by atoms with Crippen molar-refractivity contribution in [3.63, 3.8) is 0 Å². The minimum absolute atomic E-state index is 0.0179. The van der Waals surface area contributed by atoms with Crippen molar-refractivity contribution in [3.8, 4) is 11.8 Å². The normalized spacial score (nSPS) is 10.9. The van der Waals surface area contributed by atoms with Crippen LogP contribution in [-0.4, -0.2) is 18.6 Å². The second-order valence-electron chi connectivity index (χ2n) is 4.59. The largest absolute Gasteiger partial charge is 0.488 e. The van der Waals surface area contributed by atoms with Crippen LogP contribution in [0.5, 0.6) is 5.75 Å². The van der Waals surface area contributed by atoms with E-state index in [1.165, 1.54) is 0 Å². The smallest absolute Gasteiger partial charge is 0.262 e. The lowest BCUT2D eigenvalue weighted by Gasteiger charge is -2.08. The Morgan fingerprint density at radius 3 is 2.81 bits per heavy atom. The molecule has 0 atom stereocenters. The molecule has 0 fully saturated rings. The molecule has 1 N–H and O–H groups in total. The number of hydrogen-bond acceptors (Lipinski definition) is 3. The molecule has 1 aromatic carbocycles. The van der Waals surface area contributed by atoms with Crippen molar-refractivity contribution in [1.82, 2.24) is 5.32 Å². The third-order valence-electron chi connectivity index (χ3n) is 2.41. The van der Waals surface area contributed by atoms with Crippen molar-refractivity contribution >= 4 is 27.9 Å². The molecule has 21 heavy (non-hydrogen) atoms. The van der Waals surface area contributed by atoms with Gasteiger partial charge >= 0.3 is 0 Å². The second-order valence-corrected chi connectivity index (χ2v) is 5.44. The highest BCUT2D eigenvalue weighted by atomic mass is 79.9. The van der Waals surface area contributed by atoms with E-state index in [0.29, 0.717) is 12.4 Å². The molecule has 0 saturated heterocycles. The summed E-state index contributed by atoms with van der Waals surface area (Å²) in [5, 5.41) is 11.8. The topological polar surface area (TPSA) is 62.1 Å². The average molecular weight is 349 g/mol. The van der Waals surface area contributed by atoms with Gasteiger partial charge in [-0.3, -0.25) is 4.79 Å². The summed E-state index contributed by atoms with van der Waals surface area (Å²) < 4.78 is 6.19. The summed E-state index contributed by atoms with van der Waals surface area (Å²) in [6, 6.07) is 7.24. The minimum atomic E-state index is -0.379. The van der Waals surface area contributed by atoms with Crippen LogP contribution in [0.25, 0.3) is 6.08 Å². The van der Waals surface area contributed by atoms with Gasteiger partial charge in [-0.15, -0.1) is 0 Å². The Bertz CT molecular complexity index is 601. The molecule has 0 aromatic heterocycles. The molecule has 1 amide bonds. The lowest BCUT2D eigenvalue weighted by molar-refractivity contribution is -0.117. The van der Waals surface area contributed by atoms with Gasteiger partial charge in [-0.1, -0.05) is 18.7 Å². The molecule has 5 heteroatoms. The Labute approximate surface area is 133 Å². The van der Waals surface area contributed by atoms with E-state index < -0.39 is 0 Å². The van der Waals surface area contributed by atoms with E-state index in [1.54, 1.807) is 30.4 Å². The highest BCUT2D eigenvalue weighted by Gasteiger charge is 2.10. The molecule has 110 valence electrons. The van der Waals surface area contributed by atoms with Crippen LogP contribution in [0.2, 0.25) is 0 Å². The van der Waals surface area contributed by atoms with E-state index in [4.69, 9.17) is 10.00 Å². The van der Waals surface area contributed by atoms with E-state index in [0.717, 1.165) is 10.0 Å². The Morgan fingerprint density at radius 2 is 2.29 bits per heavy atom. The number of benzene rings is 1. The zero-order valence-corrected chi connectivity index (χ0v) is 13.6. The summed E-state index contributed by atoms with van der Waals surface area (Å²) in [4.78, 5) is 11.8. The molecule has 0 bridgehead atoms. The third kappa shape index (κ3) is 5.44. The summed E-state index contributed by atoms with van der Waals surface area (Å²) in [5.74, 6) is 0.299. The monoisotopic (exact) mass is 348 g/mol. The maximum Gasteiger partial charge on any atom is 0.262 e. The van der Waals surface area contributed by atoms with Crippen LogP contribution in [0.1, 0.15) is 19.4 Å². The lowest BCUT2D eigenvalue weighted by atomic mass is 10.1. The first-order chi connectivity index (χ1) is 9.97. The summed E-state index contributed by atoms with van der Waals surface area (Å²) in [5.41, 5.74) is 0.804. The molecule has 4 nitrogen and oxygen atoms in total. The van der Waals surface area contributed by atoms with Crippen molar-refractivity contribution in [3.05, 3.63) is 46.5 Å². The van der Waals surface area contributed by atoms with Crippen LogP contribution in [0.15, 0.2) is 40.9 Å². The van der Waals surface area contributed by atoms with Crippen LogP contribution < -0.4 is 10.1 Å². The van der Waals surface area contributed by atoms with Crippen LogP contribution in [0, 0.1) is 11.3 Å². The van der Waals surface area contributed by atoms with Gasteiger partial charge in [0.1, 0.15) is 24.0 Å². The Kier molecular flexibility index (Phi) is 6.70. The van der Waals surface area contributed by atoms with Crippen LogP contribution in [-0.2, 0) is 4.79 Å². The first kappa shape index (κ1) is 17.0. The van der Waals surface area contributed by atoms with Gasteiger partial charge in [-0.05, 0) is 53.5 Å². The number of nitrogens with one attached hydrogen (secondary N) is 1. The van der Waals surface area contributed by atoms with Crippen molar-refractivity contribution in [1.29, 1.82) is 5.26 Å². The molecule has 0 aliphatic rings. The minimum Gasteiger partial charge on any atom is -0.488 e. The number of amides is 1. The Balaban J connectivity index is 2.97. The fourth-order valence-electron chi connectivity index (χ4n) is 1.53. The second kappa shape index (κ2) is 8.28. The molecular weight excluding hydrogens is 332 g/mol. The number of rotatable bonds is 6. The molecular formula is C16H17BrN2O2. The summed E-state index contributed by atoms with van der Waals surface area (Å²) in [7, 11) is 0. The predicted octanol–water partition coefficient (Wildman–Crippen LogP) is 3.45. The maximum absolute atomic E-state index is 11.8. The van der Waals surface area contributed by atoms with Gasteiger partial charge in [-0.2, -0.15) is 5.26 Å². The SMILES string of the molecule is C=CCOc1ccc(/C=C(/C#N)C(=O)NC(C)C)cc1Br. The molecule has 0 unspecified atom stereocenters. The van der Waals surface area contributed by atoms with E-state index in [-0.39, 0.29) is 17.5 Å². The Hall–Kier alpha value is -2.06. The van der Waals surface area contributed by atoms with Gasteiger partial charge in [0.05, 0.1) is 4.47 Å².